The van der Waals surface area contributed by atoms with Gasteiger partial charge in [-0.25, -0.2) is 9.78 Å². The van der Waals surface area contributed by atoms with E-state index in [4.69, 9.17) is 10.00 Å². The van der Waals surface area contributed by atoms with Gasteiger partial charge >= 0.3 is 6.09 Å². The second-order valence-corrected chi connectivity index (χ2v) is 8.67. The smallest absolute Gasteiger partial charge is 0.416 e. The minimum Gasteiger partial charge on any atom is -0.441 e. The number of ether oxygens (including phenoxy) is 1. The first kappa shape index (κ1) is 20.9. The van der Waals surface area contributed by atoms with Gasteiger partial charge in [0.2, 0.25) is 0 Å². The fraction of sp³-hybridized carbons (Fsp3) is 0.320. The summed E-state index contributed by atoms with van der Waals surface area (Å²) in [4.78, 5) is 18.5. The maximum atomic E-state index is 12.4. The average Bonchev–Trinajstić information content (AvgIpc) is 3.20. The van der Waals surface area contributed by atoms with E-state index in [1.54, 1.807) is 29.3 Å². The first-order valence-electron chi connectivity index (χ1n) is 11.1. The second-order valence-electron chi connectivity index (χ2n) is 8.67. The van der Waals surface area contributed by atoms with Crippen LogP contribution in [0.2, 0.25) is 0 Å². The quantitative estimate of drug-likeness (QED) is 0.627. The van der Waals surface area contributed by atoms with Crippen molar-refractivity contribution in [3.63, 3.8) is 0 Å². The highest BCUT2D eigenvalue weighted by Gasteiger charge is 2.48. The first-order chi connectivity index (χ1) is 16.1. The molecule has 1 N–H and O–H groups in total. The summed E-state index contributed by atoms with van der Waals surface area (Å²) < 4.78 is 5.81. The molecular weight excluding hydrogens is 416 g/mol. The Hall–Kier alpha value is -3.99. The molecule has 2 aromatic heterocycles. The zero-order valence-electron chi connectivity index (χ0n) is 18.1. The molecule has 8 nitrogen and oxygen atoms in total. The van der Waals surface area contributed by atoms with Gasteiger partial charge in [-0.2, -0.15) is 10.4 Å². The Bertz CT molecular complexity index is 1170. The van der Waals surface area contributed by atoms with Crippen LogP contribution in [0.15, 0.2) is 60.9 Å². The Balaban J connectivity index is 1.14. The summed E-state index contributed by atoms with van der Waals surface area (Å²) in [5.41, 5.74) is 2.17. The number of nitrogens with one attached hydrogen (secondary N) is 1. The highest BCUT2D eigenvalue weighted by molar-refractivity contribution is 5.89. The highest BCUT2D eigenvalue weighted by atomic mass is 16.6. The van der Waals surface area contributed by atoms with Gasteiger partial charge < -0.3 is 10.1 Å². The molecule has 1 aliphatic carbocycles. The molecule has 166 valence electrons. The molecule has 1 saturated carbocycles. The number of nitrogens with zero attached hydrogens (tertiary/aromatic N) is 5. The molecule has 3 aromatic rings. The first-order valence-corrected chi connectivity index (χ1v) is 11.1. The third kappa shape index (κ3) is 4.48. The van der Waals surface area contributed by atoms with Crippen molar-refractivity contribution < 1.29 is 9.53 Å². The maximum Gasteiger partial charge on any atom is 0.416 e. The molecule has 1 saturated heterocycles. The zero-order chi connectivity index (χ0) is 22.7. The van der Waals surface area contributed by atoms with Crippen molar-refractivity contribution in [3.8, 4) is 17.2 Å². The van der Waals surface area contributed by atoms with Crippen molar-refractivity contribution in [1.29, 1.82) is 5.26 Å². The second kappa shape index (κ2) is 8.87. The van der Waals surface area contributed by atoms with Crippen molar-refractivity contribution in [2.24, 2.45) is 5.92 Å². The number of anilines is 2. The van der Waals surface area contributed by atoms with Crippen LogP contribution < -0.4 is 10.2 Å². The topological polar surface area (TPSA) is 104 Å². The number of pyridine rings is 1. The van der Waals surface area contributed by atoms with Crippen LogP contribution >= 0.6 is 0 Å². The molecule has 1 aliphatic heterocycles. The van der Waals surface area contributed by atoms with E-state index in [0.29, 0.717) is 23.8 Å². The summed E-state index contributed by atoms with van der Waals surface area (Å²) in [6.45, 7) is 1.36. The third-order valence-electron chi connectivity index (χ3n) is 6.48. The molecule has 2 fully saturated rings. The summed E-state index contributed by atoms with van der Waals surface area (Å²) in [5.74, 6) is 1.86. The van der Waals surface area contributed by atoms with E-state index in [1.165, 1.54) is 0 Å². The zero-order valence-corrected chi connectivity index (χ0v) is 18.1. The monoisotopic (exact) mass is 440 g/mol. The van der Waals surface area contributed by atoms with Crippen molar-refractivity contribution in [3.05, 3.63) is 66.5 Å². The average molecular weight is 441 g/mol. The molecule has 1 amide bonds. The lowest BCUT2D eigenvalue weighted by molar-refractivity contribution is 0.0148. The third-order valence-corrected chi connectivity index (χ3v) is 6.48. The van der Waals surface area contributed by atoms with E-state index < -0.39 is 5.60 Å². The number of aromatic nitrogens is 3. The van der Waals surface area contributed by atoms with E-state index >= 15 is 0 Å². The molecule has 0 atom stereocenters. The minimum absolute atomic E-state index is 0.336. The highest BCUT2D eigenvalue weighted by Crippen LogP contribution is 2.40. The summed E-state index contributed by atoms with van der Waals surface area (Å²) in [5, 5.41) is 20.4. The van der Waals surface area contributed by atoms with Crippen LogP contribution in [0.3, 0.4) is 0 Å². The molecular formula is C25H24N6O2. The van der Waals surface area contributed by atoms with Gasteiger partial charge in [0.05, 0.1) is 18.2 Å². The summed E-state index contributed by atoms with van der Waals surface area (Å²) in [6.07, 6.45) is 6.71. The molecule has 0 bridgehead atoms. The van der Waals surface area contributed by atoms with E-state index in [9.17, 15) is 4.79 Å². The Labute approximate surface area is 192 Å². The lowest BCUT2D eigenvalue weighted by atomic mass is 9.78. The number of hydrogen-bond donors (Lipinski definition) is 1. The number of hydrogen-bond acceptors (Lipinski definition) is 7. The number of carbonyl (C=O) groups is 1. The van der Waals surface area contributed by atoms with Crippen molar-refractivity contribution >= 4 is 17.7 Å². The number of nitriles is 1. The summed E-state index contributed by atoms with van der Waals surface area (Å²) >= 11 is 0. The Morgan fingerprint density at radius 3 is 2.76 bits per heavy atom. The van der Waals surface area contributed by atoms with Crippen LogP contribution in [0.25, 0.3) is 11.1 Å². The van der Waals surface area contributed by atoms with Crippen molar-refractivity contribution in [1.82, 2.24) is 15.2 Å². The predicted molar refractivity (Wildman–Crippen MR) is 123 cm³/mol. The van der Waals surface area contributed by atoms with Gasteiger partial charge in [0.25, 0.3) is 0 Å². The van der Waals surface area contributed by atoms with Gasteiger partial charge in [0, 0.05) is 24.5 Å². The molecule has 1 aromatic carbocycles. The standard InChI is InChI=1S/C25H24N6O2/c26-14-19-3-1-4-20(13-19)21-6-7-22(28-16-21)27-15-18-8-10-25(11-9-18)17-31(24(32)33-25)23-5-2-12-29-30-23/h1-7,12-13,16,18H,8-11,15,17H2,(H,27,28). The van der Waals surface area contributed by atoms with Gasteiger partial charge in [-0.05, 0) is 73.6 Å². The normalized spacial score (nSPS) is 22.1. The van der Waals surface area contributed by atoms with E-state index in [1.807, 2.05) is 36.5 Å². The van der Waals surface area contributed by atoms with Crippen LogP contribution in [-0.4, -0.2) is 40.0 Å². The van der Waals surface area contributed by atoms with Crippen molar-refractivity contribution in [2.75, 3.05) is 23.3 Å². The van der Waals surface area contributed by atoms with E-state index in [0.717, 1.165) is 49.2 Å². The van der Waals surface area contributed by atoms with Gasteiger partial charge in [-0.3, -0.25) is 4.90 Å². The SMILES string of the molecule is N#Cc1cccc(-c2ccc(NCC3CCC4(CC3)CN(c3cccnn3)C(=O)O4)nc2)c1. The van der Waals surface area contributed by atoms with Gasteiger partial charge in [0.15, 0.2) is 5.82 Å². The number of rotatable bonds is 5. The van der Waals surface area contributed by atoms with Crippen molar-refractivity contribution in [2.45, 2.75) is 31.3 Å². The molecule has 2 aliphatic rings. The summed E-state index contributed by atoms with van der Waals surface area (Å²) in [7, 11) is 0. The van der Waals surface area contributed by atoms with Gasteiger partial charge in [-0.15, -0.1) is 5.10 Å². The van der Waals surface area contributed by atoms with Crippen LogP contribution in [0.5, 0.6) is 0 Å². The predicted octanol–water partition coefficient (Wildman–Crippen LogP) is 4.41. The van der Waals surface area contributed by atoms with Crippen LogP contribution in [0, 0.1) is 17.2 Å². The van der Waals surface area contributed by atoms with E-state index in [-0.39, 0.29) is 6.09 Å². The Morgan fingerprint density at radius 2 is 2.03 bits per heavy atom. The number of benzene rings is 1. The molecule has 5 rings (SSSR count). The number of amides is 1. The lowest BCUT2D eigenvalue weighted by Crippen LogP contribution is -2.39. The van der Waals surface area contributed by atoms with Crippen LogP contribution in [-0.2, 0) is 4.74 Å². The summed E-state index contributed by atoms with van der Waals surface area (Å²) in [6, 6.07) is 17.2. The van der Waals surface area contributed by atoms with Gasteiger partial charge in [0.1, 0.15) is 11.4 Å². The Kier molecular flexibility index (Phi) is 5.61. The van der Waals surface area contributed by atoms with Crippen LogP contribution in [0.1, 0.15) is 31.2 Å². The largest absolute Gasteiger partial charge is 0.441 e. The minimum atomic E-state index is -0.428. The molecule has 1 spiro atoms. The fourth-order valence-corrected chi connectivity index (χ4v) is 4.59. The van der Waals surface area contributed by atoms with Crippen LogP contribution in [0.4, 0.5) is 16.4 Å². The van der Waals surface area contributed by atoms with E-state index in [2.05, 4.69) is 26.6 Å². The number of carbonyl (C=O) groups excluding carboxylic acids is 1. The molecule has 33 heavy (non-hydrogen) atoms. The molecule has 0 unspecified atom stereocenters. The molecule has 3 heterocycles. The Morgan fingerprint density at radius 1 is 1.15 bits per heavy atom. The van der Waals surface area contributed by atoms with Gasteiger partial charge in [-0.1, -0.05) is 12.1 Å². The molecule has 0 radical (unpaired) electrons. The molecule has 8 heteroatoms. The maximum absolute atomic E-state index is 12.4. The lowest BCUT2D eigenvalue weighted by Gasteiger charge is -2.35. The fourth-order valence-electron chi connectivity index (χ4n) is 4.59.